The van der Waals surface area contributed by atoms with Crippen LogP contribution in [0.15, 0.2) is 47.3 Å². The summed E-state index contributed by atoms with van der Waals surface area (Å²) in [6.45, 7) is 4.34. The maximum atomic E-state index is 14.0. The predicted octanol–water partition coefficient (Wildman–Crippen LogP) is 3.49. The molecule has 1 atom stereocenters. The standard InChI is InChI=1S/C29H31N3O6/c1-6-19-10-7-8-11-21(19)20-14-15-31(16-20)28(34)25-27(33)30-24(17-38-18(2)3)32(29(25)35)26-22(36-4)12-9-13-23(26)37-5/h1,7-13,18,20,33H,14-17H2,2-5H3. The van der Waals surface area contributed by atoms with Gasteiger partial charge in [-0.25, -0.2) is 0 Å². The monoisotopic (exact) mass is 517 g/mol. The zero-order valence-electron chi connectivity index (χ0n) is 21.9. The molecule has 198 valence electrons. The van der Waals surface area contributed by atoms with Crippen molar-refractivity contribution in [2.75, 3.05) is 27.3 Å². The predicted molar refractivity (Wildman–Crippen MR) is 142 cm³/mol. The number of methoxy groups -OCH3 is 2. The number of carbonyl (C=O) groups is 1. The van der Waals surface area contributed by atoms with E-state index in [-0.39, 0.29) is 30.1 Å². The molecule has 0 radical (unpaired) electrons. The van der Waals surface area contributed by atoms with E-state index in [9.17, 15) is 14.7 Å². The fourth-order valence-corrected chi connectivity index (χ4v) is 4.70. The van der Waals surface area contributed by atoms with Gasteiger partial charge in [0.2, 0.25) is 5.88 Å². The number of benzene rings is 2. The summed E-state index contributed by atoms with van der Waals surface area (Å²) in [5.41, 5.74) is 0.826. The maximum Gasteiger partial charge on any atom is 0.275 e. The van der Waals surface area contributed by atoms with E-state index in [1.807, 2.05) is 38.1 Å². The van der Waals surface area contributed by atoms with Crippen LogP contribution in [0.4, 0.5) is 0 Å². The quantitative estimate of drug-likeness (QED) is 0.456. The lowest BCUT2D eigenvalue weighted by atomic mass is 9.94. The van der Waals surface area contributed by atoms with Crippen molar-refractivity contribution in [3.63, 3.8) is 0 Å². The van der Waals surface area contributed by atoms with Crippen molar-refractivity contribution in [1.82, 2.24) is 14.5 Å². The van der Waals surface area contributed by atoms with E-state index in [0.29, 0.717) is 31.0 Å². The molecule has 3 aromatic rings. The molecule has 9 heteroatoms. The third kappa shape index (κ3) is 5.08. The van der Waals surface area contributed by atoms with Gasteiger partial charge in [0.05, 0.1) is 20.3 Å². The number of para-hydroxylation sites is 1. The summed E-state index contributed by atoms with van der Waals surface area (Å²) < 4.78 is 17.9. The van der Waals surface area contributed by atoms with Crippen LogP contribution in [-0.2, 0) is 11.3 Å². The van der Waals surface area contributed by atoms with Gasteiger partial charge in [-0.3, -0.25) is 14.2 Å². The number of aromatic hydroxyl groups is 1. The highest BCUT2D eigenvalue weighted by Gasteiger charge is 2.34. The van der Waals surface area contributed by atoms with Crippen molar-refractivity contribution in [1.29, 1.82) is 0 Å². The van der Waals surface area contributed by atoms with Crippen molar-refractivity contribution in [2.24, 2.45) is 0 Å². The minimum atomic E-state index is -0.750. The molecular formula is C29H31N3O6. The Morgan fingerprint density at radius 3 is 2.47 bits per heavy atom. The molecule has 1 unspecified atom stereocenters. The molecule has 1 N–H and O–H groups in total. The molecule has 2 aromatic carbocycles. The summed E-state index contributed by atoms with van der Waals surface area (Å²) in [5, 5.41) is 10.8. The number of terminal acetylenes is 1. The van der Waals surface area contributed by atoms with Gasteiger partial charge < -0.3 is 24.2 Å². The molecular weight excluding hydrogens is 486 g/mol. The van der Waals surface area contributed by atoms with Gasteiger partial charge in [-0.15, -0.1) is 6.42 Å². The Morgan fingerprint density at radius 2 is 1.84 bits per heavy atom. The highest BCUT2D eigenvalue weighted by molar-refractivity contribution is 5.96. The number of nitrogens with zero attached hydrogens (tertiary/aromatic N) is 3. The Kier molecular flexibility index (Phi) is 8.03. The van der Waals surface area contributed by atoms with E-state index in [1.54, 1.807) is 23.1 Å². The normalized spacial score (nSPS) is 14.9. The van der Waals surface area contributed by atoms with Gasteiger partial charge in [0.1, 0.15) is 29.6 Å². The first-order valence-electron chi connectivity index (χ1n) is 12.3. The van der Waals surface area contributed by atoms with Crippen LogP contribution >= 0.6 is 0 Å². The number of carbonyl (C=O) groups excluding carboxylic acids is 1. The van der Waals surface area contributed by atoms with Gasteiger partial charge in [0.15, 0.2) is 5.56 Å². The van der Waals surface area contributed by atoms with E-state index in [0.717, 1.165) is 11.1 Å². The molecule has 38 heavy (non-hydrogen) atoms. The first-order valence-corrected chi connectivity index (χ1v) is 12.3. The summed E-state index contributed by atoms with van der Waals surface area (Å²) in [6, 6.07) is 12.7. The summed E-state index contributed by atoms with van der Waals surface area (Å²) >= 11 is 0. The summed E-state index contributed by atoms with van der Waals surface area (Å²) in [5.74, 6) is 2.20. The molecule has 2 heterocycles. The van der Waals surface area contributed by atoms with Crippen LogP contribution in [0.25, 0.3) is 5.69 Å². The van der Waals surface area contributed by atoms with Crippen molar-refractivity contribution < 1.29 is 24.1 Å². The smallest absolute Gasteiger partial charge is 0.275 e. The van der Waals surface area contributed by atoms with Crippen molar-refractivity contribution in [3.8, 4) is 35.4 Å². The van der Waals surface area contributed by atoms with Crippen molar-refractivity contribution in [3.05, 3.63) is 75.3 Å². The topological polar surface area (TPSA) is 103 Å². The number of likely N-dealkylation sites (tertiary alicyclic amines) is 1. The van der Waals surface area contributed by atoms with Crippen LogP contribution in [0, 0.1) is 12.3 Å². The lowest BCUT2D eigenvalue weighted by Gasteiger charge is -2.21. The fourth-order valence-electron chi connectivity index (χ4n) is 4.70. The number of amides is 1. The highest BCUT2D eigenvalue weighted by atomic mass is 16.5. The molecule has 1 fully saturated rings. The average Bonchev–Trinajstić information content (AvgIpc) is 3.41. The average molecular weight is 518 g/mol. The second-order valence-electron chi connectivity index (χ2n) is 9.21. The van der Waals surface area contributed by atoms with Crippen LogP contribution < -0.4 is 15.0 Å². The van der Waals surface area contributed by atoms with E-state index in [2.05, 4.69) is 10.9 Å². The largest absolute Gasteiger partial charge is 0.494 e. The second-order valence-corrected chi connectivity index (χ2v) is 9.21. The third-order valence-corrected chi connectivity index (χ3v) is 6.55. The SMILES string of the molecule is C#Cc1ccccc1C1CCN(C(=O)c2c(O)nc(COC(C)C)n(-c3c(OC)cccc3OC)c2=O)C1. The molecule has 0 spiro atoms. The van der Waals surface area contributed by atoms with E-state index in [4.69, 9.17) is 20.6 Å². The fraction of sp³-hybridized carbons (Fsp3) is 0.345. The van der Waals surface area contributed by atoms with Gasteiger partial charge in [-0.05, 0) is 44.0 Å². The van der Waals surface area contributed by atoms with E-state index < -0.39 is 22.9 Å². The Balaban J connectivity index is 1.80. The molecule has 1 aliphatic rings. The van der Waals surface area contributed by atoms with Gasteiger partial charge in [-0.1, -0.05) is 30.2 Å². The Morgan fingerprint density at radius 1 is 1.16 bits per heavy atom. The molecule has 0 saturated carbocycles. The number of hydrogen-bond acceptors (Lipinski definition) is 7. The maximum absolute atomic E-state index is 14.0. The Hall–Kier alpha value is -4.29. The molecule has 1 aliphatic heterocycles. The van der Waals surface area contributed by atoms with Gasteiger partial charge in [-0.2, -0.15) is 4.98 Å². The molecule has 1 amide bonds. The molecule has 0 bridgehead atoms. The third-order valence-electron chi connectivity index (χ3n) is 6.55. The second kappa shape index (κ2) is 11.4. The lowest BCUT2D eigenvalue weighted by molar-refractivity contribution is 0.0591. The molecule has 9 nitrogen and oxygen atoms in total. The van der Waals surface area contributed by atoms with Crippen LogP contribution in [0.2, 0.25) is 0 Å². The first-order chi connectivity index (χ1) is 18.3. The van der Waals surface area contributed by atoms with E-state index >= 15 is 0 Å². The molecule has 1 saturated heterocycles. The van der Waals surface area contributed by atoms with Crippen LogP contribution in [0.1, 0.15) is 53.5 Å². The van der Waals surface area contributed by atoms with Crippen LogP contribution in [0.5, 0.6) is 17.4 Å². The molecule has 1 aromatic heterocycles. The number of rotatable bonds is 8. The Labute approximate surface area is 221 Å². The molecule has 0 aliphatic carbocycles. The summed E-state index contributed by atoms with van der Waals surface area (Å²) in [4.78, 5) is 33.4. The zero-order valence-corrected chi connectivity index (χ0v) is 21.9. The molecule has 4 rings (SSSR count). The number of ether oxygens (including phenoxy) is 3. The van der Waals surface area contributed by atoms with Gasteiger partial charge in [0.25, 0.3) is 11.5 Å². The van der Waals surface area contributed by atoms with Crippen LogP contribution in [-0.4, -0.2) is 58.9 Å². The summed E-state index contributed by atoms with van der Waals surface area (Å²) in [7, 11) is 2.93. The highest BCUT2D eigenvalue weighted by Crippen LogP contribution is 2.34. The van der Waals surface area contributed by atoms with Crippen LogP contribution in [0.3, 0.4) is 0 Å². The lowest BCUT2D eigenvalue weighted by Crippen LogP contribution is -2.37. The minimum absolute atomic E-state index is 0.0107. The van der Waals surface area contributed by atoms with Gasteiger partial charge in [0, 0.05) is 24.6 Å². The van der Waals surface area contributed by atoms with Crippen molar-refractivity contribution >= 4 is 5.91 Å². The Bertz CT molecular complexity index is 1420. The van der Waals surface area contributed by atoms with E-state index in [1.165, 1.54) is 18.8 Å². The zero-order chi connectivity index (χ0) is 27.4. The minimum Gasteiger partial charge on any atom is -0.494 e. The van der Waals surface area contributed by atoms with Gasteiger partial charge >= 0.3 is 0 Å². The summed E-state index contributed by atoms with van der Waals surface area (Å²) in [6.07, 6.45) is 6.18. The van der Waals surface area contributed by atoms with Crippen molar-refractivity contribution in [2.45, 2.75) is 38.9 Å². The number of hydrogen-bond donors (Lipinski definition) is 1. The number of aromatic nitrogens is 2. The first kappa shape index (κ1) is 26.8.